The molecule has 0 aromatic heterocycles. The van der Waals surface area contributed by atoms with Crippen LogP contribution in [0.15, 0.2) is 30.3 Å². The number of aliphatic hydroxyl groups excluding tert-OH is 1. The van der Waals surface area contributed by atoms with E-state index in [1.807, 2.05) is 0 Å². The average Bonchev–Trinajstić information content (AvgIpc) is 2.25. The summed E-state index contributed by atoms with van der Waals surface area (Å²) < 4.78 is 36.6. The summed E-state index contributed by atoms with van der Waals surface area (Å²) in [7, 11) is 0. The zero-order valence-electron chi connectivity index (χ0n) is 8.62. The topological polar surface area (TPSA) is 20.2 Å². The van der Waals surface area contributed by atoms with Gasteiger partial charge in [-0.15, -0.1) is 0 Å². The lowest BCUT2D eigenvalue weighted by Crippen LogP contribution is -2.30. The number of aliphatic hydroxyl groups is 1. The second kappa shape index (κ2) is 5.04. The Morgan fingerprint density at radius 3 is 2.25 bits per heavy atom. The van der Waals surface area contributed by atoms with Crippen molar-refractivity contribution in [1.82, 2.24) is 0 Å². The first-order valence-electron chi connectivity index (χ1n) is 4.72. The van der Waals surface area contributed by atoms with E-state index in [0.29, 0.717) is 5.56 Å². The first-order valence-corrected chi connectivity index (χ1v) is 4.72. The van der Waals surface area contributed by atoms with Gasteiger partial charge in [0.15, 0.2) is 0 Å². The van der Waals surface area contributed by atoms with Crippen LogP contribution in [0.1, 0.15) is 12.5 Å². The van der Waals surface area contributed by atoms with Crippen LogP contribution in [-0.2, 0) is 0 Å². The Morgan fingerprint density at radius 2 is 1.75 bits per heavy atom. The number of benzene rings is 1. The third-order valence-corrected chi connectivity index (χ3v) is 2.13. The number of hydrogen-bond acceptors (Lipinski definition) is 1. The van der Waals surface area contributed by atoms with Gasteiger partial charge in [0.05, 0.1) is 5.92 Å². The molecule has 0 saturated carbocycles. The standard InChI is InChI=1S/C12H11F3O/c1-9(12(13,14)15)11(16)8-7-10-5-3-2-4-6-10/h2-6,9,11,16H,1H3/t9-,11+/m1/s1. The zero-order valence-corrected chi connectivity index (χ0v) is 8.62. The minimum atomic E-state index is -4.43. The summed E-state index contributed by atoms with van der Waals surface area (Å²) >= 11 is 0. The van der Waals surface area contributed by atoms with Crippen molar-refractivity contribution in [1.29, 1.82) is 0 Å². The first kappa shape index (κ1) is 12.6. The summed E-state index contributed by atoms with van der Waals surface area (Å²) in [6, 6.07) is 8.56. The molecule has 1 nitrogen and oxygen atoms in total. The lowest BCUT2D eigenvalue weighted by atomic mass is 10.0. The molecular formula is C12H11F3O. The van der Waals surface area contributed by atoms with Gasteiger partial charge in [-0.1, -0.05) is 37.0 Å². The van der Waals surface area contributed by atoms with Crippen LogP contribution in [0.25, 0.3) is 0 Å². The summed E-state index contributed by atoms with van der Waals surface area (Å²) in [4.78, 5) is 0. The summed E-state index contributed by atoms with van der Waals surface area (Å²) in [5.41, 5.74) is 0.580. The van der Waals surface area contributed by atoms with Crippen LogP contribution in [0.4, 0.5) is 13.2 Å². The van der Waals surface area contributed by atoms with Gasteiger partial charge in [0.2, 0.25) is 0 Å². The van der Waals surface area contributed by atoms with Crippen molar-refractivity contribution >= 4 is 0 Å². The molecule has 0 fully saturated rings. The zero-order chi connectivity index (χ0) is 12.2. The fraction of sp³-hybridized carbons (Fsp3) is 0.333. The number of halogens is 3. The highest BCUT2D eigenvalue weighted by Gasteiger charge is 2.40. The van der Waals surface area contributed by atoms with E-state index in [0.717, 1.165) is 6.92 Å². The molecule has 1 aromatic rings. The van der Waals surface area contributed by atoms with Crippen LogP contribution in [0.2, 0.25) is 0 Å². The van der Waals surface area contributed by atoms with Gasteiger partial charge < -0.3 is 5.11 Å². The van der Waals surface area contributed by atoms with Gasteiger partial charge in [0.1, 0.15) is 6.10 Å². The molecule has 2 atom stereocenters. The van der Waals surface area contributed by atoms with Crippen LogP contribution in [0.3, 0.4) is 0 Å². The van der Waals surface area contributed by atoms with Crippen LogP contribution in [0.5, 0.6) is 0 Å². The van der Waals surface area contributed by atoms with Crippen LogP contribution in [0, 0.1) is 17.8 Å². The van der Waals surface area contributed by atoms with E-state index in [2.05, 4.69) is 11.8 Å². The van der Waals surface area contributed by atoms with Gasteiger partial charge in [0, 0.05) is 5.56 Å². The second-order valence-electron chi connectivity index (χ2n) is 3.41. The van der Waals surface area contributed by atoms with Gasteiger partial charge in [-0.2, -0.15) is 13.2 Å². The minimum absolute atomic E-state index is 0.580. The molecule has 0 unspecified atom stereocenters. The van der Waals surface area contributed by atoms with E-state index >= 15 is 0 Å². The Bertz CT molecular complexity index is 386. The van der Waals surface area contributed by atoms with E-state index in [-0.39, 0.29) is 0 Å². The van der Waals surface area contributed by atoms with Gasteiger partial charge in [0.25, 0.3) is 0 Å². The van der Waals surface area contributed by atoms with Crippen LogP contribution >= 0.6 is 0 Å². The quantitative estimate of drug-likeness (QED) is 0.732. The molecule has 86 valence electrons. The SMILES string of the molecule is C[C@H]([C@@H](O)C#Cc1ccccc1)C(F)(F)F. The Kier molecular flexibility index (Phi) is 3.97. The molecule has 16 heavy (non-hydrogen) atoms. The second-order valence-corrected chi connectivity index (χ2v) is 3.41. The van der Waals surface area contributed by atoms with Crippen molar-refractivity contribution in [3.05, 3.63) is 35.9 Å². The summed E-state index contributed by atoms with van der Waals surface area (Å²) in [5, 5.41) is 9.22. The number of alkyl halides is 3. The highest BCUT2D eigenvalue weighted by Crippen LogP contribution is 2.28. The van der Waals surface area contributed by atoms with E-state index in [4.69, 9.17) is 0 Å². The molecule has 0 radical (unpaired) electrons. The molecule has 0 saturated heterocycles. The predicted octanol–water partition coefficient (Wildman–Crippen LogP) is 2.60. The Hall–Kier alpha value is -1.47. The highest BCUT2D eigenvalue weighted by atomic mass is 19.4. The van der Waals surface area contributed by atoms with E-state index < -0.39 is 18.2 Å². The maximum Gasteiger partial charge on any atom is 0.394 e. The van der Waals surface area contributed by atoms with E-state index in [1.54, 1.807) is 30.3 Å². The lowest BCUT2D eigenvalue weighted by Gasteiger charge is -2.16. The molecule has 1 N–H and O–H groups in total. The van der Waals surface area contributed by atoms with E-state index in [9.17, 15) is 18.3 Å². The van der Waals surface area contributed by atoms with E-state index in [1.165, 1.54) is 0 Å². The molecule has 0 bridgehead atoms. The van der Waals surface area contributed by atoms with Crippen LogP contribution < -0.4 is 0 Å². The largest absolute Gasteiger partial charge is 0.394 e. The molecular weight excluding hydrogens is 217 g/mol. The van der Waals surface area contributed by atoms with Gasteiger partial charge in [-0.25, -0.2) is 0 Å². The number of hydrogen-bond donors (Lipinski definition) is 1. The van der Waals surface area contributed by atoms with Crippen molar-refractivity contribution in [2.24, 2.45) is 5.92 Å². The smallest absolute Gasteiger partial charge is 0.380 e. The third-order valence-electron chi connectivity index (χ3n) is 2.13. The maximum atomic E-state index is 12.2. The molecule has 4 heteroatoms. The molecule has 0 aliphatic rings. The van der Waals surface area contributed by atoms with Crippen LogP contribution in [-0.4, -0.2) is 17.4 Å². The van der Waals surface area contributed by atoms with Gasteiger partial charge in [-0.3, -0.25) is 0 Å². The normalized spacial score (nSPS) is 14.8. The molecule has 0 aliphatic heterocycles. The lowest BCUT2D eigenvalue weighted by molar-refractivity contribution is -0.186. The molecule has 0 amide bonds. The monoisotopic (exact) mass is 228 g/mol. The summed E-state index contributed by atoms with van der Waals surface area (Å²) in [6.45, 7) is 0.907. The Balaban J connectivity index is 2.72. The minimum Gasteiger partial charge on any atom is -0.380 e. The van der Waals surface area contributed by atoms with Crippen molar-refractivity contribution < 1.29 is 18.3 Å². The Morgan fingerprint density at radius 1 is 1.19 bits per heavy atom. The summed E-state index contributed by atoms with van der Waals surface area (Å²) in [6.07, 6.45) is -6.12. The fourth-order valence-corrected chi connectivity index (χ4v) is 0.983. The highest BCUT2D eigenvalue weighted by molar-refractivity contribution is 5.34. The predicted molar refractivity (Wildman–Crippen MR) is 54.5 cm³/mol. The number of rotatable bonds is 1. The maximum absolute atomic E-state index is 12.2. The Labute approximate surface area is 91.9 Å². The molecule has 0 spiro atoms. The summed E-state index contributed by atoms with van der Waals surface area (Å²) in [5.74, 6) is 2.84. The fourth-order valence-electron chi connectivity index (χ4n) is 0.983. The van der Waals surface area contributed by atoms with Gasteiger partial charge >= 0.3 is 6.18 Å². The average molecular weight is 228 g/mol. The molecule has 0 aliphatic carbocycles. The molecule has 1 aromatic carbocycles. The molecule has 0 heterocycles. The molecule has 1 rings (SSSR count). The van der Waals surface area contributed by atoms with Gasteiger partial charge in [-0.05, 0) is 12.1 Å². The van der Waals surface area contributed by atoms with Crippen molar-refractivity contribution in [3.63, 3.8) is 0 Å². The van der Waals surface area contributed by atoms with Crippen molar-refractivity contribution in [2.45, 2.75) is 19.2 Å². The van der Waals surface area contributed by atoms with Crippen molar-refractivity contribution in [2.75, 3.05) is 0 Å². The first-order chi connectivity index (χ1) is 7.41. The third kappa shape index (κ3) is 3.59. The van der Waals surface area contributed by atoms with Crippen molar-refractivity contribution in [3.8, 4) is 11.8 Å².